The van der Waals surface area contributed by atoms with E-state index in [2.05, 4.69) is 12.2 Å². The highest BCUT2D eigenvalue weighted by Crippen LogP contribution is 2.16. The monoisotopic (exact) mass is 418 g/mol. The number of unbranched alkanes of at least 4 members (excludes halogenated alkanes) is 1. The molecular formula is C22H31ClN4O2. The highest BCUT2D eigenvalue weighted by atomic mass is 35.5. The molecule has 1 N–H and O–H groups in total. The number of nitrogens with zero attached hydrogens (tertiary/aromatic N) is 3. The molecule has 1 aromatic carbocycles. The van der Waals surface area contributed by atoms with Gasteiger partial charge in [-0.05, 0) is 43.2 Å². The Morgan fingerprint density at radius 1 is 1.07 bits per heavy atom. The fourth-order valence-electron chi connectivity index (χ4n) is 3.05. The van der Waals surface area contributed by atoms with Gasteiger partial charge in [0.25, 0.3) is 0 Å². The smallest absolute Gasteiger partial charge is 0.322 e. The summed E-state index contributed by atoms with van der Waals surface area (Å²) in [5.41, 5.74) is 1.68. The minimum atomic E-state index is -0.295. The van der Waals surface area contributed by atoms with Crippen LogP contribution in [0.5, 0.6) is 0 Å². The van der Waals surface area contributed by atoms with Crippen LogP contribution < -0.4 is 5.32 Å². The number of hydrogen-bond donors (Lipinski definition) is 1. The average molecular weight is 419 g/mol. The third kappa shape index (κ3) is 7.13. The summed E-state index contributed by atoms with van der Waals surface area (Å²) in [7, 11) is 1.97. The van der Waals surface area contributed by atoms with E-state index in [1.165, 1.54) is 0 Å². The molecule has 0 aliphatic carbocycles. The van der Waals surface area contributed by atoms with Gasteiger partial charge in [0.1, 0.15) is 6.54 Å². The summed E-state index contributed by atoms with van der Waals surface area (Å²) < 4.78 is 2.02. The van der Waals surface area contributed by atoms with Crippen LogP contribution in [-0.4, -0.2) is 45.9 Å². The number of aryl methyl sites for hydroxylation is 1. The number of carbonyl (C=O) groups excluding carboxylic acids is 2. The molecule has 0 radical (unpaired) electrons. The first-order valence-electron chi connectivity index (χ1n) is 10.1. The second-order valence-electron chi connectivity index (χ2n) is 7.14. The van der Waals surface area contributed by atoms with Gasteiger partial charge in [-0.15, -0.1) is 0 Å². The first kappa shape index (κ1) is 22.8. The maximum atomic E-state index is 13.1. The number of halogens is 1. The summed E-state index contributed by atoms with van der Waals surface area (Å²) >= 11 is 6.00. The zero-order valence-corrected chi connectivity index (χ0v) is 18.3. The van der Waals surface area contributed by atoms with E-state index in [0.717, 1.165) is 25.0 Å². The van der Waals surface area contributed by atoms with Crippen molar-refractivity contribution in [3.63, 3.8) is 0 Å². The zero-order valence-electron chi connectivity index (χ0n) is 17.5. The molecule has 0 saturated carbocycles. The number of anilines is 1. The van der Waals surface area contributed by atoms with Crippen molar-refractivity contribution in [2.75, 3.05) is 25.0 Å². The molecule has 3 amide bonds. The summed E-state index contributed by atoms with van der Waals surface area (Å²) in [5, 5.41) is 3.39. The standard InChI is InChI=1S/C22H31ClN4O2/c1-4-6-14-26(16-20-11-8-13-25(20)3)21(28)17-27(12-5-2)22(29)24-19-10-7-9-18(23)15-19/h7-11,13,15H,4-6,12,14,16-17H2,1-3H3,(H,24,29). The molecule has 158 valence electrons. The fourth-order valence-corrected chi connectivity index (χ4v) is 3.24. The fraction of sp³-hybridized carbons (Fsp3) is 0.455. The van der Waals surface area contributed by atoms with E-state index >= 15 is 0 Å². The first-order valence-corrected chi connectivity index (χ1v) is 10.5. The quantitative estimate of drug-likeness (QED) is 0.605. The lowest BCUT2D eigenvalue weighted by atomic mass is 10.2. The Morgan fingerprint density at radius 2 is 1.86 bits per heavy atom. The van der Waals surface area contributed by atoms with Crippen molar-refractivity contribution in [3.05, 3.63) is 53.3 Å². The number of amides is 3. The van der Waals surface area contributed by atoms with Gasteiger partial charge in [-0.1, -0.05) is 37.9 Å². The molecule has 2 rings (SSSR count). The lowest BCUT2D eigenvalue weighted by Gasteiger charge is -2.28. The highest BCUT2D eigenvalue weighted by molar-refractivity contribution is 6.30. The van der Waals surface area contributed by atoms with E-state index in [4.69, 9.17) is 11.6 Å². The van der Waals surface area contributed by atoms with Gasteiger partial charge in [-0.25, -0.2) is 4.79 Å². The molecule has 1 aromatic heterocycles. The van der Waals surface area contributed by atoms with Crippen LogP contribution in [0.1, 0.15) is 38.8 Å². The Morgan fingerprint density at radius 3 is 2.48 bits per heavy atom. The molecule has 0 spiro atoms. The number of hydrogen-bond acceptors (Lipinski definition) is 2. The van der Waals surface area contributed by atoms with Gasteiger partial charge >= 0.3 is 6.03 Å². The van der Waals surface area contributed by atoms with Gasteiger partial charge < -0.3 is 19.7 Å². The normalized spacial score (nSPS) is 10.6. The van der Waals surface area contributed by atoms with E-state index in [-0.39, 0.29) is 18.5 Å². The summed E-state index contributed by atoms with van der Waals surface area (Å²) in [5.74, 6) is -0.0469. The molecule has 0 unspecified atom stereocenters. The van der Waals surface area contributed by atoms with Crippen molar-refractivity contribution in [2.45, 2.75) is 39.7 Å². The lowest BCUT2D eigenvalue weighted by molar-refractivity contribution is -0.132. The number of nitrogens with one attached hydrogen (secondary N) is 1. The maximum absolute atomic E-state index is 13.1. The van der Waals surface area contributed by atoms with Crippen LogP contribution in [0.25, 0.3) is 0 Å². The van der Waals surface area contributed by atoms with Crippen LogP contribution in [-0.2, 0) is 18.4 Å². The van der Waals surface area contributed by atoms with Crippen LogP contribution in [0.3, 0.4) is 0 Å². The van der Waals surface area contributed by atoms with Gasteiger partial charge in [0.15, 0.2) is 0 Å². The van der Waals surface area contributed by atoms with Gasteiger partial charge in [-0.3, -0.25) is 4.79 Å². The molecule has 1 heterocycles. The minimum absolute atomic E-state index is 0.0469. The van der Waals surface area contributed by atoms with Crippen LogP contribution >= 0.6 is 11.6 Å². The summed E-state index contributed by atoms with van der Waals surface area (Å²) in [4.78, 5) is 29.2. The van der Waals surface area contributed by atoms with Crippen LogP contribution in [0.15, 0.2) is 42.6 Å². The van der Waals surface area contributed by atoms with Crippen molar-refractivity contribution < 1.29 is 9.59 Å². The topological polar surface area (TPSA) is 57.6 Å². The lowest BCUT2D eigenvalue weighted by Crippen LogP contribution is -2.45. The Labute approximate surface area is 178 Å². The van der Waals surface area contributed by atoms with Gasteiger partial charge in [-0.2, -0.15) is 0 Å². The Bertz CT molecular complexity index is 806. The van der Waals surface area contributed by atoms with Crippen molar-refractivity contribution in [2.24, 2.45) is 7.05 Å². The third-order valence-electron chi connectivity index (χ3n) is 4.72. The van der Waals surface area contributed by atoms with E-state index < -0.39 is 0 Å². The van der Waals surface area contributed by atoms with Crippen LogP contribution in [0.4, 0.5) is 10.5 Å². The summed E-state index contributed by atoms with van der Waals surface area (Å²) in [6, 6.07) is 10.7. The largest absolute Gasteiger partial charge is 0.353 e. The van der Waals surface area contributed by atoms with Crippen molar-refractivity contribution >= 4 is 29.2 Å². The van der Waals surface area contributed by atoms with Crippen molar-refractivity contribution in [3.8, 4) is 0 Å². The molecule has 0 aliphatic rings. The molecular weight excluding hydrogens is 388 g/mol. The molecule has 6 nitrogen and oxygen atoms in total. The molecule has 0 aliphatic heterocycles. The number of benzene rings is 1. The molecule has 29 heavy (non-hydrogen) atoms. The number of urea groups is 1. The maximum Gasteiger partial charge on any atom is 0.322 e. The molecule has 0 bridgehead atoms. The van der Waals surface area contributed by atoms with Crippen molar-refractivity contribution in [1.82, 2.24) is 14.4 Å². The average Bonchev–Trinajstić information content (AvgIpc) is 3.09. The minimum Gasteiger partial charge on any atom is -0.353 e. The zero-order chi connectivity index (χ0) is 21.2. The molecule has 0 fully saturated rings. The Balaban J connectivity index is 2.07. The predicted molar refractivity (Wildman–Crippen MR) is 118 cm³/mol. The van der Waals surface area contributed by atoms with E-state index in [9.17, 15) is 9.59 Å². The van der Waals surface area contributed by atoms with Crippen molar-refractivity contribution in [1.29, 1.82) is 0 Å². The van der Waals surface area contributed by atoms with E-state index in [1.807, 2.05) is 41.8 Å². The van der Waals surface area contributed by atoms with Gasteiger partial charge in [0.05, 0.1) is 6.54 Å². The second-order valence-corrected chi connectivity index (χ2v) is 7.58. The summed E-state index contributed by atoms with van der Waals surface area (Å²) in [6.07, 6.45) is 4.67. The number of carbonyl (C=O) groups is 2. The van der Waals surface area contributed by atoms with E-state index in [1.54, 1.807) is 29.2 Å². The van der Waals surface area contributed by atoms with E-state index in [0.29, 0.717) is 30.3 Å². The third-order valence-corrected chi connectivity index (χ3v) is 4.96. The van der Waals surface area contributed by atoms with Crippen LogP contribution in [0.2, 0.25) is 5.02 Å². The molecule has 0 saturated heterocycles. The summed E-state index contributed by atoms with van der Waals surface area (Å²) in [6.45, 7) is 5.86. The second kappa shape index (κ2) is 11.5. The Kier molecular flexibility index (Phi) is 9.06. The first-order chi connectivity index (χ1) is 13.9. The predicted octanol–water partition coefficient (Wildman–Crippen LogP) is 4.75. The molecule has 0 atom stereocenters. The Hall–Kier alpha value is -2.47. The van der Waals surface area contributed by atoms with Crippen LogP contribution in [0, 0.1) is 0 Å². The SMILES string of the molecule is CCCCN(Cc1cccn1C)C(=O)CN(CCC)C(=O)Nc1cccc(Cl)c1. The number of aromatic nitrogens is 1. The molecule has 2 aromatic rings. The van der Waals surface area contributed by atoms with Gasteiger partial charge in [0.2, 0.25) is 5.91 Å². The highest BCUT2D eigenvalue weighted by Gasteiger charge is 2.21. The number of rotatable bonds is 10. The van der Waals surface area contributed by atoms with Gasteiger partial charge in [0, 0.05) is 42.7 Å². The molecule has 7 heteroatoms.